The Morgan fingerprint density at radius 3 is 1.58 bits per heavy atom. The molecule has 0 unspecified atom stereocenters. The zero-order valence-corrected chi connectivity index (χ0v) is 38.6. The maximum Gasteiger partial charge on any atom is 1.00 e. The molecule has 5 N–H and O–H groups in total. The molecule has 5 rings (SSSR count). The Morgan fingerprint density at radius 2 is 1.06 bits per heavy atom. The first-order valence-electron chi connectivity index (χ1n) is 12.2. The number of hydrogen-bond donors (Lipinski definition) is 2. The Labute approximate surface area is 387 Å². The number of hydrogen-bond acceptors (Lipinski definition) is 20. The molecule has 0 fully saturated rings. The Morgan fingerprint density at radius 1 is 0.577 bits per heavy atom. The zero-order chi connectivity index (χ0) is 33.6. The summed E-state index contributed by atoms with van der Waals surface area (Å²) >= 11 is 0. The molecule has 0 saturated carbocycles. The third-order valence-corrected chi connectivity index (χ3v) is 9.49. The molecule has 0 heterocycles. The van der Waals surface area contributed by atoms with Gasteiger partial charge in [0, 0.05) is 21.8 Å². The van der Waals surface area contributed by atoms with E-state index in [1.807, 2.05) is 0 Å². The number of anilines is 1. The number of nitrogens with zero attached hydrogens (tertiary/aromatic N) is 4. The molecule has 5 aromatic rings. The van der Waals surface area contributed by atoms with Gasteiger partial charge in [-0.05, 0) is 86.3 Å². The summed E-state index contributed by atoms with van der Waals surface area (Å²) in [5.74, 6) is -0.705. The van der Waals surface area contributed by atoms with Gasteiger partial charge in [-0.1, -0.05) is 23.1 Å². The number of rotatable bonds is 8. The topological polar surface area (TPSA) is 338 Å². The van der Waals surface area contributed by atoms with Crippen molar-refractivity contribution in [1.29, 1.82) is 0 Å². The van der Waals surface area contributed by atoms with Gasteiger partial charge < -0.3 is 47.7 Å². The average Bonchev–Trinajstić information content (AvgIpc) is 2.98. The van der Waals surface area contributed by atoms with Crippen LogP contribution in [0.15, 0.2) is 113 Å². The quantitative estimate of drug-likeness (QED) is 0.0483. The van der Waals surface area contributed by atoms with Crippen molar-refractivity contribution in [2.24, 2.45) is 20.5 Å². The van der Waals surface area contributed by atoms with E-state index in [0.29, 0.717) is 0 Å². The summed E-state index contributed by atoms with van der Waals surface area (Å²) in [5, 5.41) is 27.1. The van der Waals surface area contributed by atoms with Gasteiger partial charge >= 0.3 is 118 Å². The maximum atomic E-state index is 12.1. The fourth-order valence-electron chi connectivity index (χ4n) is 4.28. The number of phenolic OH excluding ortho intramolecular Hbond substituents is 1. The molecule has 0 spiro atoms. The van der Waals surface area contributed by atoms with Crippen LogP contribution in [0.25, 0.3) is 21.5 Å². The van der Waals surface area contributed by atoms with Crippen LogP contribution in [0.2, 0.25) is 0 Å². The molecule has 0 bridgehead atoms. The number of benzene rings is 5. The van der Waals surface area contributed by atoms with E-state index in [1.165, 1.54) is 30.3 Å². The molecular weight excluding hydrogens is 811 g/mol. The summed E-state index contributed by atoms with van der Waals surface area (Å²) in [6.07, 6.45) is 0. The summed E-state index contributed by atoms with van der Waals surface area (Å²) < 4.78 is 116. The van der Waals surface area contributed by atoms with Crippen molar-refractivity contribution < 1.29 is 177 Å². The van der Waals surface area contributed by atoms with E-state index >= 15 is 0 Å². The van der Waals surface area contributed by atoms with Crippen molar-refractivity contribution in [2.75, 3.05) is 5.73 Å². The second-order valence-corrected chi connectivity index (χ2v) is 13.8. The van der Waals surface area contributed by atoms with Crippen LogP contribution >= 0.6 is 0 Å². The molecule has 0 atom stereocenters. The number of nitrogen functional groups attached to an aromatic ring is 1. The van der Waals surface area contributed by atoms with Gasteiger partial charge in [0.1, 0.15) is 31.7 Å². The summed E-state index contributed by atoms with van der Waals surface area (Å²) in [5.41, 5.74) is 5.18. The summed E-state index contributed by atoms with van der Waals surface area (Å²) in [4.78, 5) is -2.01. The van der Waals surface area contributed by atoms with Gasteiger partial charge in [0.15, 0.2) is 0 Å². The van der Waals surface area contributed by atoms with Crippen molar-refractivity contribution >= 4 is 91.6 Å². The fourth-order valence-corrected chi connectivity index (χ4v) is 6.24. The van der Waals surface area contributed by atoms with Crippen LogP contribution in [-0.4, -0.2) is 42.0 Å². The predicted octanol–water partition coefficient (Wildman–Crippen LogP) is -7.08. The molecule has 0 aliphatic carbocycles. The van der Waals surface area contributed by atoms with Gasteiger partial charge in [-0.15, -0.1) is 15.3 Å². The standard InChI is InChI=1S/C26H17N5O11S4.4Na.2H2O/c27-20-12-18-13(9-23(20)43(33)34)10-24(44(35)36)25(26(18)32)31-30-22-8-7-21(17-6-5-16(11-19(17)22)46(40,41)42)29-28-14-1-3-15(4-2-14)45(37,38)39;;;;;;/h1-12,32H,27H2,(H,37,38,39)(H,40,41,42);;;;;2*1H2/q-2;4*+1;;/p-4. The maximum absolute atomic E-state index is 12.1. The summed E-state index contributed by atoms with van der Waals surface area (Å²) in [6.45, 7) is 0. The Bertz CT molecular complexity index is 2540. The third-order valence-electron chi connectivity index (χ3n) is 6.43. The van der Waals surface area contributed by atoms with E-state index in [2.05, 4.69) is 20.5 Å². The smallest absolute Gasteiger partial charge is 0.870 e. The normalized spacial score (nSPS) is 11.3. The molecule has 0 radical (unpaired) electrons. The van der Waals surface area contributed by atoms with Crippen molar-refractivity contribution in [3.63, 3.8) is 0 Å². The number of fused-ring (bicyclic) bond motifs is 2. The minimum absolute atomic E-state index is 0. The van der Waals surface area contributed by atoms with Crippen LogP contribution in [0.5, 0.6) is 5.75 Å². The minimum Gasteiger partial charge on any atom is -0.870 e. The molecule has 0 aromatic heterocycles. The first-order chi connectivity index (χ1) is 21.5. The van der Waals surface area contributed by atoms with Crippen molar-refractivity contribution in [3.05, 3.63) is 72.8 Å². The van der Waals surface area contributed by atoms with Gasteiger partial charge in [0.05, 0.1) is 26.9 Å². The Hall–Kier alpha value is -0.940. The molecule has 0 amide bonds. The molecule has 0 aliphatic heterocycles. The monoisotopic (exact) mass is 827 g/mol. The molecule has 5 aromatic carbocycles. The first kappa shape index (κ1) is 53.2. The average molecular weight is 828 g/mol. The predicted molar refractivity (Wildman–Crippen MR) is 163 cm³/mol. The minimum atomic E-state index is -4.95. The molecule has 254 valence electrons. The van der Waals surface area contributed by atoms with Gasteiger partial charge in [-0.25, -0.2) is 16.8 Å². The number of azo groups is 2. The molecule has 26 heteroatoms. The van der Waals surface area contributed by atoms with Crippen molar-refractivity contribution in [3.8, 4) is 5.75 Å². The van der Waals surface area contributed by atoms with E-state index < -0.39 is 67.8 Å². The SMILES string of the molecule is Nc1cc2c(O)c(N=Nc3ccc(N=Nc4ccc(S(=O)(=O)[O-])cc4)c4ccc(S(=O)(=O)[O-])cc34)c([S-](=O)=O)cc2cc1[S-](=O)=O.[Na+].[Na+].[Na+].[Na+].[OH-].[OH-]. The summed E-state index contributed by atoms with van der Waals surface area (Å²) in [7, 11) is -15.4. The van der Waals surface area contributed by atoms with Crippen LogP contribution in [-0.2, 0) is 58.5 Å². The van der Waals surface area contributed by atoms with Crippen LogP contribution in [0.1, 0.15) is 0 Å². The number of phenols is 1. The molecule has 0 aliphatic rings. The van der Waals surface area contributed by atoms with Gasteiger partial charge in [-0.2, -0.15) is 5.11 Å². The molecule has 0 saturated heterocycles. The molecule has 18 nitrogen and oxygen atoms in total. The molecule has 52 heavy (non-hydrogen) atoms. The van der Waals surface area contributed by atoms with Crippen molar-refractivity contribution in [2.45, 2.75) is 19.6 Å². The van der Waals surface area contributed by atoms with E-state index in [0.717, 1.165) is 42.5 Å². The second-order valence-electron chi connectivity index (χ2n) is 9.27. The van der Waals surface area contributed by atoms with Crippen LogP contribution in [0.4, 0.5) is 28.4 Å². The van der Waals surface area contributed by atoms with E-state index in [1.54, 1.807) is 0 Å². The van der Waals surface area contributed by atoms with E-state index in [4.69, 9.17) is 5.73 Å². The van der Waals surface area contributed by atoms with E-state index in [9.17, 15) is 47.9 Å². The third kappa shape index (κ3) is 12.0. The Kier molecular flexibility index (Phi) is 21.9. The van der Waals surface area contributed by atoms with Crippen LogP contribution in [0, 0.1) is 0 Å². The Balaban J connectivity index is 0. The largest absolute Gasteiger partial charge is 1.00 e. The number of nitrogens with two attached hydrogens (primary N) is 1. The van der Waals surface area contributed by atoms with Crippen LogP contribution < -0.4 is 124 Å². The fraction of sp³-hybridized carbons (Fsp3) is 0. The van der Waals surface area contributed by atoms with Crippen molar-refractivity contribution in [1.82, 2.24) is 0 Å². The van der Waals surface area contributed by atoms with E-state index in [-0.39, 0.29) is 178 Å². The zero-order valence-electron chi connectivity index (χ0n) is 27.4. The second kappa shape index (κ2) is 21.4. The van der Waals surface area contributed by atoms with Gasteiger partial charge in [-0.3, -0.25) is 0 Å². The molecular formula is C26H17N5Na4O13S4-2. The number of aromatic hydroxyl groups is 1. The first-order valence-corrected chi connectivity index (χ1v) is 17.2. The van der Waals surface area contributed by atoms with Gasteiger partial charge in [0.25, 0.3) is 0 Å². The van der Waals surface area contributed by atoms with Crippen LogP contribution in [0.3, 0.4) is 0 Å². The van der Waals surface area contributed by atoms with Gasteiger partial charge in [0.2, 0.25) is 0 Å². The summed E-state index contributed by atoms with van der Waals surface area (Å²) in [6, 6.07) is 13.6.